The van der Waals surface area contributed by atoms with Crippen LogP contribution in [0.3, 0.4) is 0 Å². The summed E-state index contributed by atoms with van der Waals surface area (Å²) in [4.78, 5) is 34.8. The number of urea groups is 1. The van der Waals surface area contributed by atoms with Crippen molar-refractivity contribution in [3.05, 3.63) is 59.7 Å². The van der Waals surface area contributed by atoms with Gasteiger partial charge in [-0.05, 0) is 69.9 Å². The van der Waals surface area contributed by atoms with Crippen molar-refractivity contribution in [2.45, 2.75) is 58.3 Å². The third-order valence-electron chi connectivity index (χ3n) is 6.30. The molecule has 0 radical (unpaired) electrons. The van der Waals surface area contributed by atoms with Gasteiger partial charge in [0.05, 0.1) is 5.69 Å². The monoisotopic (exact) mass is 433 g/mol. The molecule has 168 valence electrons. The second kappa shape index (κ2) is 9.02. The number of fused-ring (bicyclic) bond motifs is 1. The summed E-state index contributed by atoms with van der Waals surface area (Å²) in [6.45, 7) is 6.36. The molecule has 0 aliphatic carbocycles. The lowest BCUT2D eigenvalue weighted by Gasteiger charge is -2.41. The maximum atomic E-state index is 13.3. The van der Waals surface area contributed by atoms with Crippen molar-refractivity contribution < 1.29 is 9.59 Å². The highest BCUT2D eigenvalue weighted by atomic mass is 16.2. The zero-order chi connectivity index (χ0) is 22.8. The lowest BCUT2D eigenvalue weighted by atomic mass is 9.95. The highest BCUT2D eigenvalue weighted by Crippen LogP contribution is 2.31. The Hall–Kier alpha value is -3.35. The number of rotatable bonds is 2. The number of amides is 3. The minimum Gasteiger partial charge on any atom is -0.351 e. The molecule has 0 saturated carbocycles. The van der Waals surface area contributed by atoms with Crippen LogP contribution in [0.1, 0.15) is 44.2 Å². The standard InChI is InChI=1S/C25H31N5O2/c1-16-9-7-12-19(15-16)26-25(32)28-22-24(31)29(4)21-14-6-5-13-20(21)23(27-22)30-17(2)10-8-11-18(30)3/h5-7,9,12-15,17-18,22H,8,10-11H2,1-4H3,(H2,26,28,32)/t17-,18+,22-/m0/s1. The van der Waals surface area contributed by atoms with Crippen LogP contribution < -0.4 is 15.5 Å². The lowest BCUT2D eigenvalue weighted by molar-refractivity contribution is -0.119. The van der Waals surface area contributed by atoms with Gasteiger partial charge in [0.25, 0.3) is 5.91 Å². The van der Waals surface area contributed by atoms with Crippen LogP contribution in [-0.4, -0.2) is 48.0 Å². The molecule has 1 saturated heterocycles. The predicted octanol–water partition coefficient (Wildman–Crippen LogP) is 4.13. The zero-order valence-electron chi connectivity index (χ0n) is 19.1. The van der Waals surface area contributed by atoms with E-state index in [2.05, 4.69) is 29.4 Å². The van der Waals surface area contributed by atoms with E-state index in [4.69, 9.17) is 4.99 Å². The normalized spacial score (nSPS) is 23.2. The Balaban J connectivity index is 1.69. The van der Waals surface area contributed by atoms with Crippen LogP contribution in [0.4, 0.5) is 16.2 Å². The smallest absolute Gasteiger partial charge is 0.321 e. The maximum Gasteiger partial charge on any atom is 0.321 e. The van der Waals surface area contributed by atoms with E-state index in [0.29, 0.717) is 17.8 Å². The highest BCUT2D eigenvalue weighted by Gasteiger charge is 2.36. The molecular weight excluding hydrogens is 402 g/mol. The molecule has 2 aromatic rings. The number of nitrogens with one attached hydrogen (secondary N) is 2. The van der Waals surface area contributed by atoms with Crippen LogP contribution in [0, 0.1) is 6.92 Å². The summed E-state index contributed by atoms with van der Waals surface area (Å²) in [5.74, 6) is 0.489. The van der Waals surface area contributed by atoms with E-state index in [-0.39, 0.29) is 5.91 Å². The quantitative estimate of drug-likeness (QED) is 0.748. The van der Waals surface area contributed by atoms with Crippen molar-refractivity contribution in [1.82, 2.24) is 10.2 Å². The molecule has 2 aromatic carbocycles. The van der Waals surface area contributed by atoms with Gasteiger partial charge in [-0.1, -0.05) is 24.3 Å². The Labute approximate surface area is 189 Å². The Morgan fingerprint density at radius 2 is 1.78 bits per heavy atom. The molecule has 2 heterocycles. The Bertz CT molecular complexity index is 1040. The first-order chi connectivity index (χ1) is 15.3. The molecule has 4 rings (SSSR count). The van der Waals surface area contributed by atoms with E-state index in [9.17, 15) is 9.59 Å². The number of carbonyl (C=O) groups excluding carboxylic acids is 2. The number of amidine groups is 1. The number of likely N-dealkylation sites (tertiary alicyclic amines) is 1. The number of aliphatic imine (C=N–C) groups is 1. The Morgan fingerprint density at radius 1 is 1.06 bits per heavy atom. The van der Waals surface area contributed by atoms with Gasteiger partial charge >= 0.3 is 6.03 Å². The summed E-state index contributed by atoms with van der Waals surface area (Å²) in [5, 5.41) is 5.60. The summed E-state index contributed by atoms with van der Waals surface area (Å²) in [6, 6.07) is 15.5. The van der Waals surface area contributed by atoms with Crippen molar-refractivity contribution in [1.29, 1.82) is 0 Å². The number of anilines is 2. The maximum absolute atomic E-state index is 13.3. The van der Waals surface area contributed by atoms with Gasteiger partial charge in [-0.25, -0.2) is 9.79 Å². The fraction of sp³-hybridized carbons (Fsp3) is 0.400. The Morgan fingerprint density at radius 3 is 2.50 bits per heavy atom. The number of nitrogens with zero attached hydrogens (tertiary/aromatic N) is 3. The SMILES string of the molecule is Cc1cccc(NC(=O)N[C@@H]2N=C(N3[C@H](C)CCC[C@@H]3C)c3ccccc3N(C)C2=O)c1. The molecule has 7 nitrogen and oxygen atoms in total. The predicted molar refractivity (Wildman–Crippen MR) is 128 cm³/mol. The first-order valence-corrected chi connectivity index (χ1v) is 11.2. The minimum absolute atomic E-state index is 0.274. The molecule has 32 heavy (non-hydrogen) atoms. The lowest BCUT2D eigenvalue weighted by Crippen LogP contribution is -2.50. The molecule has 3 amide bonds. The molecular formula is C25H31N5O2. The Kier molecular flexibility index (Phi) is 6.17. The van der Waals surface area contributed by atoms with Gasteiger partial charge in [0.15, 0.2) is 0 Å². The van der Waals surface area contributed by atoms with Crippen molar-refractivity contribution in [3.8, 4) is 0 Å². The van der Waals surface area contributed by atoms with E-state index in [1.165, 1.54) is 6.42 Å². The van der Waals surface area contributed by atoms with Gasteiger partial charge in [0.1, 0.15) is 5.84 Å². The van der Waals surface area contributed by atoms with Gasteiger partial charge in [0, 0.05) is 30.4 Å². The van der Waals surface area contributed by atoms with Crippen molar-refractivity contribution in [2.75, 3.05) is 17.3 Å². The van der Waals surface area contributed by atoms with E-state index >= 15 is 0 Å². The number of piperidine rings is 1. The molecule has 2 N–H and O–H groups in total. The topological polar surface area (TPSA) is 77.0 Å². The van der Waals surface area contributed by atoms with Gasteiger partial charge in [-0.3, -0.25) is 4.79 Å². The second-order valence-electron chi connectivity index (χ2n) is 8.77. The fourth-order valence-electron chi connectivity index (χ4n) is 4.66. The van der Waals surface area contributed by atoms with Gasteiger partial charge in [-0.15, -0.1) is 0 Å². The van der Waals surface area contributed by atoms with Crippen LogP contribution in [0.2, 0.25) is 0 Å². The molecule has 0 bridgehead atoms. The molecule has 2 aliphatic heterocycles. The molecule has 0 aromatic heterocycles. The molecule has 1 fully saturated rings. The van der Waals surface area contributed by atoms with Crippen LogP contribution in [0.15, 0.2) is 53.5 Å². The van der Waals surface area contributed by atoms with Gasteiger partial charge in [0.2, 0.25) is 6.17 Å². The van der Waals surface area contributed by atoms with Crippen molar-refractivity contribution in [3.63, 3.8) is 0 Å². The fourth-order valence-corrected chi connectivity index (χ4v) is 4.66. The third kappa shape index (κ3) is 4.33. The molecule has 7 heteroatoms. The van der Waals surface area contributed by atoms with Crippen molar-refractivity contribution >= 4 is 29.1 Å². The first-order valence-electron chi connectivity index (χ1n) is 11.2. The zero-order valence-corrected chi connectivity index (χ0v) is 19.1. The number of hydrogen-bond acceptors (Lipinski definition) is 4. The molecule has 3 atom stereocenters. The summed E-state index contributed by atoms with van der Waals surface area (Å²) in [7, 11) is 1.73. The number of aryl methyl sites for hydroxylation is 1. The number of hydrogen-bond donors (Lipinski definition) is 2. The van der Waals surface area contributed by atoms with Gasteiger partial charge in [-0.2, -0.15) is 0 Å². The van der Waals surface area contributed by atoms with Crippen LogP contribution in [-0.2, 0) is 4.79 Å². The number of likely N-dealkylation sites (N-methyl/N-ethyl adjacent to an activating group) is 1. The third-order valence-corrected chi connectivity index (χ3v) is 6.30. The number of carbonyl (C=O) groups is 2. The largest absolute Gasteiger partial charge is 0.351 e. The number of benzodiazepines with no additional fused rings is 1. The molecule has 2 aliphatic rings. The minimum atomic E-state index is -1.02. The van der Waals surface area contributed by atoms with E-state index < -0.39 is 12.2 Å². The summed E-state index contributed by atoms with van der Waals surface area (Å²) < 4.78 is 0. The van der Waals surface area contributed by atoms with Crippen LogP contribution in [0.25, 0.3) is 0 Å². The van der Waals surface area contributed by atoms with E-state index in [0.717, 1.165) is 35.5 Å². The molecule has 0 unspecified atom stereocenters. The first kappa shape index (κ1) is 21.9. The van der Waals surface area contributed by atoms with Crippen LogP contribution >= 0.6 is 0 Å². The number of para-hydroxylation sites is 1. The summed E-state index contributed by atoms with van der Waals surface area (Å²) in [6.07, 6.45) is 2.30. The summed E-state index contributed by atoms with van der Waals surface area (Å²) in [5.41, 5.74) is 3.41. The highest BCUT2D eigenvalue weighted by molar-refractivity contribution is 6.12. The summed E-state index contributed by atoms with van der Waals surface area (Å²) >= 11 is 0. The van der Waals surface area contributed by atoms with E-state index in [1.807, 2.05) is 55.5 Å². The van der Waals surface area contributed by atoms with Crippen LogP contribution in [0.5, 0.6) is 0 Å². The van der Waals surface area contributed by atoms with E-state index in [1.54, 1.807) is 11.9 Å². The second-order valence-corrected chi connectivity index (χ2v) is 8.77. The molecule has 0 spiro atoms. The van der Waals surface area contributed by atoms with Crippen molar-refractivity contribution in [2.24, 2.45) is 4.99 Å². The average molecular weight is 434 g/mol. The number of benzene rings is 2. The van der Waals surface area contributed by atoms with Gasteiger partial charge < -0.3 is 20.4 Å². The average Bonchev–Trinajstić information content (AvgIpc) is 2.85.